The molecule has 0 saturated carbocycles. The van der Waals surface area contributed by atoms with Crippen molar-refractivity contribution >= 4 is 5.95 Å². The van der Waals surface area contributed by atoms with Gasteiger partial charge < -0.3 is 20.5 Å². The van der Waals surface area contributed by atoms with Crippen molar-refractivity contribution in [2.75, 3.05) is 12.4 Å². The maximum atomic E-state index is 10.5. The van der Waals surface area contributed by atoms with Crippen LogP contribution in [0.4, 0.5) is 5.95 Å². The van der Waals surface area contributed by atoms with E-state index in [4.69, 9.17) is 4.74 Å². The van der Waals surface area contributed by atoms with Gasteiger partial charge in [0, 0.05) is 35.5 Å². The highest BCUT2D eigenvalue weighted by molar-refractivity contribution is 5.73. The van der Waals surface area contributed by atoms with Gasteiger partial charge in [0.1, 0.15) is 11.4 Å². The predicted octanol–water partition coefficient (Wildman–Crippen LogP) is 2.98. The highest BCUT2D eigenvalue weighted by Gasteiger charge is 2.46. The third-order valence-corrected chi connectivity index (χ3v) is 5.70. The molecule has 0 radical (unpaired) electrons. The summed E-state index contributed by atoms with van der Waals surface area (Å²) in [4.78, 5) is 4.44. The summed E-state index contributed by atoms with van der Waals surface area (Å²) in [5, 5.41) is 32.8. The molecule has 0 spiro atoms. The molecule has 1 fully saturated rings. The Bertz CT molecular complexity index is 1030. The molecule has 1 aliphatic rings. The summed E-state index contributed by atoms with van der Waals surface area (Å²) in [6.07, 6.45) is 5.86. The highest BCUT2D eigenvalue weighted by atomic mass is 16.5. The fraction of sp³-hybridized carbons (Fsp3) is 0.455. The fourth-order valence-electron chi connectivity index (χ4n) is 4.71. The molecule has 2 atom stereocenters. The van der Waals surface area contributed by atoms with Gasteiger partial charge in [-0.05, 0) is 51.8 Å². The van der Waals surface area contributed by atoms with Crippen molar-refractivity contribution in [2.45, 2.75) is 57.3 Å². The average Bonchev–Trinajstić information content (AvgIpc) is 3.22. The molecule has 9 heteroatoms. The van der Waals surface area contributed by atoms with E-state index in [2.05, 4.69) is 63.7 Å². The number of nitrogens with one attached hydrogen (secondary N) is 3. The molecule has 1 unspecified atom stereocenters. The summed E-state index contributed by atoms with van der Waals surface area (Å²) in [5.74, 6) is 0.538. The van der Waals surface area contributed by atoms with E-state index >= 15 is 0 Å². The van der Waals surface area contributed by atoms with Crippen LogP contribution in [0.25, 0.3) is 22.4 Å². The van der Waals surface area contributed by atoms with E-state index in [1.54, 1.807) is 37.8 Å². The third kappa shape index (κ3) is 4.38. The number of hydrogen-bond acceptors (Lipinski definition) is 8. The molecule has 9 nitrogen and oxygen atoms in total. The normalized spacial score (nSPS) is 22.2. The van der Waals surface area contributed by atoms with Gasteiger partial charge in [0.15, 0.2) is 0 Å². The van der Waals surface area contributed by atoms with Crippen LogP contribution in [0.2, 0.25) is 0 Å². The van der Waals surface area contributed by atoms with Crippen molar-refractivity contribution in [3.63, 3.8) is 0 Å². The lowest BCUT2D eigenvalue weighted by Crippen LogP contribution is -2.69. The number of nitrogens with zero attached hydrogens (tertiary/aromatic N) is 4. The number of anilines is 1. The SMILES string of the molecule is CO[C@H]1C(Nc2ncc(-c3ccc(-c4cn[nH]c4)cc3O)nn2)CC(C)(C)NC1(C)C. The Morgan fingerprint density at radius 2 is 1.94 bits per heavy atom. The lowest BCUT2D eigenvalue weighted by molar-refractivity contribution is -0.0273. The van der Waals surface area contributed by atoms with E-state index in [0.717, 1.165) is 17.5 Å². The minimum absolute atomic E-state index is 0.0200. The zero-order valence-electron chi connectivity index (χ0n) is 18.5. The first-order valence-corrected chi connectivity index (χ1v) is 10.3. The van der Waals surface area contributed by atoms with Crippen LogP contribution >= 0.6 is 0 Å². The summed E-state index contributed by atoms with van der Waals surface area (Å²) in [5.41, 5.74) is 2.53. The number of ether oxygens (including phenoxy) is 1. The van der Waals surface area contributed by atoms with Gasteiger partial charge in [-0.25, -0.2) is 4.98 Å². The van der Waals surface area contributed by atoms with Crippen LogP contribution in [0.1, 0.15) is 34.1 Å². The zero-order chi connectivity index (χ0) is 22.2. The van der Waals surface area contributed by atoms with Gasteiger partial charge in [0.25, 0.3) is 0 Å². The van der Waals surface area contributed by atoms with Crippen LogP contribution in [-0.2, 0) is 4.74 Å². The van der Waals surface area contributed by atoms with Crippen molar-refractivity contribution in [3.05, 3.63) is 36.8 Å². The van der Waals surface area contributed by atoms with Crippen molar-refractivity contribution in [3.8, 4) is 28.1 Å². The van der Waals surface area contributed by atoms with Gasteiger partial charge in [-0.2, -0.15) is 5.10 Å². The minimum Gasteiger partial charge on any atom is -0.507 e. The van der Waals surface area contributed by atoms with Gasteiger partial charge in [-0.3, -0.25) is 5.10 Å². The van der Waals surface area contributed by atoms with Crippen LogP contribution in [0.3, 0.4) is 0 Å². The Hall–Kier alpha value is -3.04. The van der Waals surface area contributed by atoms with Crippen molar-refractivity contribution in [1.29, 1.82) is 0 Å². The van der Waals surface area contributed by atoms with Gasteiger partial charge in [0.2, 0.25) is 5.95 Å². The van der Waals surface area contributed by atoms with E-state index in [1.807, 2.05) is 6.07 Å². The topological polar surface area (TPSA) is 121 Å². The smallest absolute Gasteiger partial charge is 0.243 e. The zero-order valence-corrected chi connectivity index (χ0v) is 18.5. The molecule has 4 rings (SSSR count). The van der Waals surface area contributed by atoms with E-state index in [1.165, 1.54) is 0 Å². The number of aromatic hydroxyl groups is 1. The second kappa shape index (κ2) is 7.90. The molecule has 1 saturated heterocycles. The summed E-state index contributed by atoms with van der Waals surface area (Å²) >= 11 is 0. The van der Waals surface area contributed by atoms with Gasteiger partial charge in [-0.15, -0.1) is 10.2 Å². The maximum absolute atomic E-state index is 10.5. The largest absolute Gasteiger partial charge is 0.507 e. The van der Waals surface area contributed by atoms with E-state index < -0.39 is 0 Å². The van der Waals surface area contributed by atoms with Gasteiger partial charge in [-0.1, -0.05) is 6.07 Å². The Kier molecular flexibility index (Phi) is 5.40. The molecule has 2 aromatic heterocycles. The Balaban J connectivity index is 1.53. The minimum atomic E-state index is -0.218. The lowest BCUT2D eigenvalue weighted by atomic mass is 9.77. The first kappa shape index (κ1) is 21.2. The van der Waals surface area contributed by atoms with Gasteiger partial charge >= 0.3 is 0 Å². The lowest BCUT2D eigenvalue weighted by Gasteiger charge is -2.51. The molecule has 3 aromatic rings. The Morgan fingerprint density at radius 3 is 2.55 bits per heavy atom. The highest BCUT2D eigenvalue weighted by Crippen LogP contribution is 2.33. The van der Waals surface area contributed by atoms with Crippen LogP contribution in [0.15, 0.2) is 36.8 Å². The van der Waals surface area contributed by atoms with Crippen LogP contribution in [-0.4, -0.2) is 60.8 Å². The predicted molar refractivity (Wildman–Crippen MR) is 119 cm³/mol. The molecule has 3 heterocycles. The Labute approximate surface area is 181 Å². The second-order valence-electron chi connectivity index (χ2n) is 9.23. The number of aromatic nitrogens is 5. The number of benzene rings is 1. The van der Waals surface area contributed by atoms with Crippen molar-refractivity contribution in [2.24, 2.45) is 0 Å². The standard InChI is InChI=1S/C22H29N7O2/c1-21(2)9-16(19(31-5)22(3,4)29-21)26-20-23-12-17(27-28-20)15-7-6-13(8-18(15)30)14-10-24-25-11-14/h6-8,10-12,16,19,29-30H,9H2,1-5H3,(H,24,25)(H,23,26,28)/t16?,19-/m0/s1. The first-order valence-electron chi connectivity index (χ1n) is 10.3. The quantitative estimate of drug-likeness (QED) is 0.494. The molecule has 0 aliphatic carbocycles. The average molecular weight is 424 g/mol. The summed E-state index contributed by atoms with van der Waals surface area (Å²) < 4.78 is 5.79. The number of phenols is 1. The van der Waals surface area contributed by atoms with E-state index in [0.29, 0.717) is 17.2 Å². The number of rotatable bonds is 5. The number of phenolic OH excluding ortho intramolecular Hbond substituents is 1. The van der Waals surface area contributed by atoms with E-state index in [-0.39, 0.29) is 29.0 Å². The number of H-pyrrole nitrogens is 1. The molecule has 1 aliphatic heterocycles. The molecule has 0 amide bonds. The molecule has 164 valence electrons. The van der Waals surface area contributed by atoms with Crippen LogP contribution in [0, 0.1) is 0 Å². The van der Waals surface area contributed by atoms with Crippen molar-refractivity contribution in [1.82, 2.24) is 30.7 Å². The first-order chi connectivity index (χ1) is 14.7. The van der Waals surface area contributed by atoms with Crippen molar-refractivity contribution < 1.29 is 9.84 Å². The Morgan fingerprint density at radius 1 is 1.13 bits per heavy atom. The molecule has 4 N–H and O–H groups in total. The number of methoxy groups -OCH3 is 1. The number of aromatic amines is 1. The molecule has 0 bridgehead atoms. The summed E-state index contributed by atoms with van der Waals surface area (Å²) in [7, 11) is 1.72. The number of hydrogen-bond donors (Lipinski definition) is 4. The number of piperidine rings is 1. The van der Waals surface area contributed by atoms with Crippen LogP contribution in [0.5, 0.6) is 5.75 Å². The molecular formula is C22H29N7O2. The fourth-order valence-corrected chi connectivity index (χ4v) is 4.71. The monoisotopic (exact) mass is 423 g/mol. The van der Waals surface area contributed by atoms with Gasteiger partial charge in [0.05, 0.1) is 24.5 Å². The van der Waals surface area contributed by atoms with Crippen LogP contribution < -0.4 is 10.6 Å². The van der Waals surface area contributed by atoms with E-state index in [9.17, 15) is 5.11 Å². The summed E-state index contributed by atoms with van der Waals surface area (Å²) in [6.45, 7) is 8.62. The summed E-state index contributed by atoms with van der Waals surface area (Å²) in [6, 6.07) is 5.40. The molecule has 31 heavy (non-hydrogen) atoms. The third-order valence-electron chi connectivity index (χ3n) is 5.70. The molecular weight excluding hydrogens is 394 g/mol. The maximum Gasteiger partial charge on any atom is 0.243 e. The molecule has 1 aromatic carbocycles. The second-order valence-corrected chi connectivity index (χ2v) is 9.23.